The second-order valence-corrected chi connectivity index (χ2v) is 6.81. The van der Waals surface area contributed by atoms with Crippen LogP contribution in [0.2, 0.25) is 10.0 Å². The molecule has 3 rings (SSSR count). The number of nitrogens with zero attached hydrogens (tertiary/aromatic N) is 4. The average Bonchev–Trinajstić information content (AvgIpc) is 3.06. The van der Waals surface area contributed by atoms with Crippen molar-refractivity contribution >= 4 is 29.1 Å². The van der Waals surface area contributed by atoms with Crippen LogP contribution in [0.4, 0.5) is 4.39 Å². The van der Waals surface area contributed by atoms with E-state index in [0.717, 1.165) is 11.1 Å². The first-order valence-electron chi connectivity index (χ1n) is 8.14. The number of amides is 1. The lowest BCUT2D eigenvalue weighted by Gasteiger charge is -2.18. The van der Waals surface area contributed by atoms with Gasteiger partial charge in [0.25, 0.3) is 0 Å². The van der Waals surface area contributed by atoms with Crippen LogP contribution in [0.25, 0.3) is 0 Å². The van der Waals surface area contributed by atoms with Crippen LogP contribution in [0.3, 0.4) is 0 Å². The summed E-state index contributed by atoms with van der Waals surface area (Å²) in [5.74, 6) is -0.113. The molecule has 0 fully saturated rings. The zero-order chi connectivity index (χ0) is 19.4. The van der Waals surface area contributed by atoms with Gasteiger partial charge in [-0.25, -0.2) is 9.07 Å². The van der Waals surface area contributed by atoms with Gasteiger partial charge >= 0.3 is 0 Å². The molecule has 27 heavy (non-hydrogen) atoms. The molecule has 1 N–H and O–H groups in total. The molecule has 9 heteroatoms. The Morgan fingerprint density at radius 3 is 2.59 bits per heavy atom. The van der Waals surface area contributed by atoms with Gasteiger partial charge < -0.3 is 5.32 Å². The van der Waals surface area contributed by atoms with Crippen molar-refractivity contribution in [1.82, 2.24) is 25.5 Å². The number of tetrazole rings is 1. The topological polar surface area (TPSA) is 72.7 Å². The lowest BCUT2D eigenvalue weighted by molar-refractivity contribution is -0.124. The molecule has 0 radical (unpaired) electrons. The molecule has 0 aliphatic heterocycles. The number of benzene rings is 2. The lowest BCUT2D eigenvalue weighted by atomic mass is 10.0. The van der Waals surface area contributed by atoms with Gasteiger partial charge in [-0.15, -0.1) is 5.10 Å². The van der Waals surface area contributed by atoms with Crippen molar-refractivity contribution < 1.29 is 9.18 Å². The monoisotopic (exact) mass is 407 g/mol. The molecule has 1 heterocycles. The quantitative estimate of drug-likeness (QED) is 0.678. The van der Waals surface area contributed by atoms with Crippen molar-refractivity contribution in [3.05, 3.63) is 75.3 Å². The Labute approximate surface area is 165 Å². The second kappa shape index (κ2) is 8.45. The molecule has 1 amide bonds. The summed E-state index contributed by atoms with van der Waals surface area (Å²) in [7, 11) is 0. The molecule has 0 spiro atoms. The van der Waals surface area contributed by atoms with Crippen LogP contribution in [0.1, 0.15) is 23.0 Å². The van der Waals surface area contributed by atoms with Gasteiger partial charge in [0.05, 0.1) is 0 Å². The maximum Gasteiger partial charge on any atom is 0.245 e. The number of hydrogen-bond acceptors (Lipinski definition) is 4. The normalized spacial score (nSPS) is 12.0. The summed E-state index contributed by atoms with van der Waals surface area (Å²) in [6.07, 6.45) is 0.312. The van der Waals surface area contributed by atoms with Crippen LogP contribution in [0, 0.1) is 12.7 Å². The van der Waals surface area contributed by atoms with Crippen LogP contribution in [0.5, 0.6) is 0 Å². The SMILES string of the molecule is Cc1nnnn1[C@@H](Cc1ccc(F)cc1)C(=O)NCc1ccc(Cl)cc1Cl. The lowest BCUT2D eigenvalue weighted by Crippen LogP contribution is -2.34. The summed E-state index contributed by atoms with van der Waals surface area (Å²) in [5, 5.41) is 15.2. The fourth-order valence-electron chi connectivity index (χ4n) is 2.63. The molecule has 0 aliphatic rings. The van der Waals surface area contributed by atoms with E-state index in [1.807, 2.05) is 0 Å². The van der Waals surface area contributed by atoms with Crippen molar-refractivity contribution in [3.8, 4) is 0 Å². The van der Waals surface area contributed by atoms with Crippen molar-refractivity contribution in [1.29, 1.82) is 0 Å². The van der Waals surface area contributed by atoms with Crippen LogP contribution in [-0.2, 0) is 17.8 Å². The van der Waals surface area contributed by atoms with Gasteiger partial charge in [-0.3, -0.25) is 4.79 Å². The minimum atomic E-state index is -0.684. The first-order chi connectivity index (χ1) is 12.9. The summed E-state index contributed by atoms with van der Waals surface area (Å²) >= 11 is 12.0. The maximum absolute atomic E-state index is 13.2. The minimum Gasteiger partial charge on any atom is -0.350 e. The zero-order valence-electron chi connectivity index (χ0n) is 14.4. The van der Waals surface area contributed by atoms with Crippen molar-refractivity contribution in [2.24, 2.45) is 0 Å². The molecule has 3 aromatic rings. The summed E-state index contributed by atoms with van der Waals surface area (Å²) in [5.41, 5.74) is 1.53. The molecular formula is C18H16Cl2FN5O. The smallest absolute Gasteiger partial charge is 0.245 e. The Morgan fingerprint density at radius 2 is 1.96 bits per heavy atom. The van der Waals surface area contributed by atoms with E-state index in [-0.39, 0.29) is 18.3 Å². The molecule has 0 aliphatic carbocycles. The van der Waals surface area contributed by atoms with Gasteiger partial charge in [-0.1, -0.05) is 41.4 Å². The third-order valence-electron chi connectivity index (χ3n) is 4.07. The number of rotatable bonds is 6. The zero-order valence-corrected chi connectivity index (χ0v) is 15.9. The van der Waals surface area contributed by atoms with Gasteiger partial charge in [0.15, 0.2) is 0 Å². The fraction of sp³-hybridized carbons (Fsp3) is 0.222. The molecule has 1 aromatic heterocycles. The molecule has 0 unspecified atom stereocenters. The Balaban J connectivity index is 1.78. The summed E-state index contributed by atoms with van der Waals surface area (Å²) in [4.78, 5) is 12.8. The average molecular weight is 408 g/mol. The van der Waals surface area contributed by atoms with Crippen LogP contribution >= 0.6 is 23.2 Å². The highest BCUT2D eigenvalue weighted by molar-refractivity contribution is 6.35. The molecule has 0 saturated heterocycles. The number of carbonyl (C=O) groups is 1. The molecule has 1 atom stereocenters. The number of carbonyl (C=O) groups excluding carboxylic acids is 1. The highest BCUT2D eigenvalue weighted by atomic mass is 35.5. The molecule has 2 aromatic carbocycles. The number of halogens is 3. The number of aryl methyl sites for hydroxylation is 1. The van der Waals surface area contributed by atoms with Gasteiger partial charge in [-0.05, 0) is 52.7 Å². The Hall–Kier alpha value is -2.51. The molecular weight excluding hydrogens is 392 g/mol. The Kier molecular flexibility index (Phi) is 6.03. The van der Waals surface area contributed by atoms with E-state index in [0.29, 0.717) is 22.3 Å². The van der Waals surface area contributed by atoms with Gasteiger partial charge in [-0.2, -0.15) is 0 Å². The predicted octanol–water partition coefficient (Wildman–Crippen LogP) is 3.53. The van der Waals surface area contributed by atoms with Crippen LogP contribution < -0.4 is 5.32 Å². The van der Waals surface area contributed by atoms with Crippen molar-refractivity contribution in [2.45, 2.75) is 25.9 Å². The Bertz CT molecular complexity index is 945. The maximum atomic E-state index is 13.2. The van der Waals surface area contributed by atoms with E-state index in [1.165, 1.54) is 16.8 Å². The first-order valence-corrected chi connectivity index (χ1v) is 8.90. The highest BCUT2D eigenvalue weighted by Crippen LogP contribution is 2.21. The van der Waals surface area contributed by atoms with E-state index < -0.39 is 6.04 Å². The number of aromatic nitrogens is 4. The Morgan fingerprint density at radius 1 is 1.22 bits per heavy atom. The first kappa shape index (κ1) is 19.3. The summed E-state index contributed by atoms with van der Waals surface area (Å²) in [6, 6.07) is 10.4. The molecule has 6 nitrogen and oxygen atoms in total. The number of hydrogen-bond donors (Lipinski definition) is 1. The minimum absolute atomic E-state index is 0.232. The third-order valence-corrected chi connectivity index (χ3v) is 4.65. The molecule has 0 saturated carbocycles. The summed E-state index contributed by atoms with van der Waals surface area (Å²) in [6.45, 7) is 1.94. The molecule has 0 bridgehead atoms. The van der Waals surface area contributed by atoms with E-state index in [1.54, 1.807) is 37.3 Å². The van der Waals surface area contributed by atoms with E-state index in [4.69, 9.17) is 23.2 Å². The predicted molar refractivity (Wildman–Crippen MR) is 100 cm³/mol. The number of nitrogens with one attached hydrogen (secondary N) is 1. The summed E-state index contributed by atoms with van der Waals surface area (Å²) < 4.78 is 14.6. The standard InChI is InChI=1S/C18H16Cl2FN5O/c1-11-23-24-25-26(11)17(8-12-2-6-15(21)7-3-12)18(27)22-10-13-4-5-14(19)9-16(13)20/h2-7,9,17H,8,10H2,1H3,(H,22,27)/t17-/m0/s1. The van der Waals surface area contributed by atoms with E-state index >= 15 is 0 Å². The van der Waals surface area contributed by atoms with Gasteiger partial charge in [0, 0.05) is 23.0 Å². The van der Waals surface area contributed by atoms with E-state index in [9.17, 15) is 9.18 Å². The van der Waals surface area contributed by atoms with E-state index in [2.05, 4.69) is 20.8 Å². The van der Waals surface area contributed by atoms with Gasteiger partial charge in [0.1, 0.15) is 17.7 Å². The van der Waals surface area contributed by atoms with Crippen LogP contribution in [-0.4, -0.2) is 26.1 Å². The third kappa shape index (κ3) is 4.81. The van der Waals surface area contributed by atoms with Crippen LogP contribution in [0.15, 0.2) is 42.5 Å². The van der Waals surface area contributed by atoms with Gasteiger partial charge in [0.2, 0.25) is 5.91 Å². The highest BCUT2D eigenvalue weighted by Gasteiger charge is 2.24. The largest absolute Gasteiger partial charge is 0.350 e. The second-order valence-electron chi connectivity index (χ2n) is 5.97. The molecule has 140 valence electrons. The van der Waals surface area contributed by atoms with Crippen molar-refractivity contribution in [3.63, 3.8) is 0 Å². The fourth-order valence-corrected chi connectivity index (χ4v) is 3.10. The van der Waals surface area contributed by atoms with Crippen molar-refractivity contribution in [2.75, 3.05) is 0 Å².